The number of primary amides is 1. The van der Waals surface area contributed by atoms with Gasteiger partial charge in [0.2, 0.25) is 11.8 Å². The zero-order valence-corrected chi connectivity index (χ0v) is 12.4. The van der Waals surface area contributed by atoms with Gasteiger partial charge in [0, 0.05) is 6.07 Å². The molecule has 2 aromatic rings. The second-order valence-corrected chi connectivity index (χ2v) is 5.01. The van der Waals surface area contributed by atoms with Crippen LogP contribution in [-0.2, 0) is 9.59 Å². The molecule has 0 saturated heterocycles. The molecule has 0 aliphatic rings. The van der Waals surface area contributed by atoms with Gasteiger partial charge in [-0.2, -0.15) is 0 Å². The molecule has 0 fully saturated rings. The van der Waals surface area contributed by atoms with Crippen molar-refractivity contribution in [2.75, 3.05) is 18.9 Å². The van der Waals surface area contributed by atoms with Crippen LogP contribution in [0.3, 0.4) is 0 Å². The Morgan fingerprint density at radius 3 is 2.59 bits per heavy atom. The van der Waals surface area contributed by atoms with Crippen molar-refractivity contribution in [3.63, 3.8) is 0 Å². The number of aryl methyl sites for hydroxylation is 1. The maximum Gasteiger partial charge on any atom is 0.247 e. The maximum absolute atomic E-state index is 12.6. The summed E-state index contributed by atoms with van der Waals surface area (Å²) < 4.78 is 4.92. The zero-order chi connectivity index (χ0) is 16.1. The summed E-state index contributed by atoms with van der Waals surface area (Å²) in [4.78, 5) is 25.3. The van der Waals surface area contributed by atoms with Gasteiger partial charge in [-0.1, -0.05) is 35.5 Å². The molecule has 1 unspecified atom stereocenters. The first-order valence-corrected chi connectivity index (χ1v) is 6.75. The Hall–Kier alpha value is -2.67. The Kier molecular flexibility index (Phi) is 4.90. The van der Waals surface area contributed by atoms with Crippen molar-refractivity contribution in [3.05, 3.63) is 47.7 Å². The summed E-state index contributed by atoms with van der Waals surface area (Å²) in [7, 11) is 1.66. The quantitative estimate of drug-likeness (QED) is 0.831. The van der Waals surface area contributed by atoms with Crippen molar-refractivity contribution < 1.29 is 14.1 Å². The van der Waals surface area contributed by atoms with Crippen molar-refractivity contribution in [3.8, 4) is 0 Å². The van der Waals surface area contributed by atoms with Gasteiger partial charge in [0.05, 0.1) is 6.54 Å². The van der Waals surface area contributed by atoms with Crippen molar-refractivity contribution in [2.24, 2.45) is 5.73 Å². The highest BCUT2D eigenvalue weighted by Crippen LogP contribution is 2.21. The number of amides is 2. The molecule has 2 rings (SSSR count). The second-order valence-electron chi connectivity index (χ2n) is 5.01. The number of anilines is 1. The van der Waals surface area contributed by atoms with Gasteiger partial charge in [-0.25, -0.2) is 0 Å². The summed E-state index contributed by atoms with van der Waals surface area (Å²) in [6, 6.07) is 10.1. The van der Waals surface area contributed by atoms with Gasteiger partial charge in [-0.05, 0) is 19.5 Å². The highest BCUT2D eigenvalue weighted by atomic mass is 16.5. The first-order valence-electron chi connectivity index (χ1n) is 6.75. The minimum Gasteiger partial charge on any atom is -0.369 e. The molecule has 0 bridgehead atoms. The fourth-order valence-corrected chi connectivity index (χ4v) is 2.20. The summed E-state index contributed by atoms with van der Waals surface area (Å²) in [6.45, 7) is 1.70. The highest BCUT2D eigenvalue weighted by Gasteiger charge is 2.26. The van der Waals surface area contributed by atoms with Crippen LogP contribution < -0.4 is 11.1 Å². The smallest absolute Gasteiger partial charge is 0.247 e. The molecule has 116 valence electrons. The molecule has 3 N–H and O–H groups in total. The summed E-state index contributed by atoms with van der Waals surface area (Å²) >= 11 is 0. The lowest BCUT2D eigenvalue weighted by atomic mass is 10.0. The number of benzene rings is 1. The minimum absolute atomic E-state index is 0.0369. The number of carbonyl (C=O) groups excluding carboxylic acids is 2. The van der Waals surface area contributed by atoms with E-state index >= 15 is 0 Å². The Labute approximate surface area is 128 Å². The van der Waals surface area contributed by atoms with E-state index in [1.807, 2.05) is 30.3 Å². The van der Waals surface area contributed by atoms with Crippen LogP contribution in [-0.4, -0.2) is 35.5 Å². The molecular formula is C15H18N4O3. The molecule has 2 amide bonds. The van der Waals surface area contributed by atoms with Gasteiger partial charge in [-0.15, -0.1) is 0 Å². The molecule has 0 radical (unpaired) electrons. The van der Waals surface area contributed by atoms with E-state index in [0.717, 1.165) is 5.56 Å². The van der Waals surface area contributed by atoms with E-state index in [1.165, 1.54) is 0 Å². The number of nitrogens with two attached hydrogens (primary N) is 1. The molecular weight excluding hydrogens is 284 g/mol. The molecule has 1 aromatic carbocycles. The Bertz CT molecular complexity index is 654. The van der Waals surface area contributed by atoms with Crippen LogP contribution in [0.2, 0.25) is 0 Å². The topological polar surface area (TPSA) is 101 Å². The number of hydrogen-bond donors (Lipinski definition) is 2. The van der Waals surface area contributed by atoms with Crippen LogP contribution >= 0.6 is 0 Å². The van der Waals surface area contributed by atoms with Gasteiger partial charge in [0.1, 0.15) is 11.8 Å². The van der Waals surface area contributed by atoms with Crippen LogP contribution in [0.25, 0.3) is 0 Å². The molecule has 0 aliphatic heterocycles. The maximum atomic E-state index is 12.6. The normalized spacial score (nSPS) is 12.1. The van der Waals surface area contributed by atoms with Crippen molar-refractivity contribution in [1.29, 1.82) is 0 Å². The summed E-state index contributed by atoms with van der Waals surface area (Å²) in [5.41, 5.74) is 5.98. The zero-order valence-electron chi connectivity index (χ0n) is 12.4. The van der Waals surface area contributed by atoms with Crippen molar-refractivity contribution in [1.82, 2.24) is 10.1 Å². The second kappa shape index (κ2) is 6.86. The fourth-order valence-electron chi connectivity index (χ4n) is 2.20. The van der Waals surface area contributed by atoms with E-state index < -0.39 is 11.9 Å². The average molecular weight is 302 g/mol. The molecule has 1 heterocycles. The molecule has 1 aromatic heterocycles. The Morgan fingerprint density at radius 1 is 1.36 bits per heavy atom. The fraction of sp³-hybridized carbons (Fsp3) is 0.267. The lowest BCUT2D eigenvalue weighted by Gasteiger charge is -2.26. The van der Waals surface area contributed by atoms with Crippen LogP contribution in [0.4, 0.5) is 5.82 Å². The third kappa shape index (κ3) is 3.92. The van der Waals surface area contributed by atoms with E-state index in [9.17, 15) is 9.59 Å². The number of nitrogens with zero attached hydrogens (tertiary/aromatic N) is 2. The summed E-state index contributed by atoms with van der Waals surface area (Å²) in [6.07, 6.45) is 0. The molecule has 0 spiro atoms. The van der Waals surface area contributed by atoms with E-state index in [2.05, 4.69) is 10.5 Å². The van der Waals surface area contributed by atoms with Gasteiger partial charge in [0.15, 0.2) is 5.82 Å². The Morgan fingerprint density at radius 2 is 2.05 bits per heavy atom. The predicted molar refractivity (Wildman–Crippen MR) is 80.9 cm³/mol. The van der Waals surface area contributed by atoms with E-state index in [0.29, 0.717) is 11.6 Å². The highest BCUT2D eigenvalue weighted by molar-refractivity contribution is 5.95. The van der Waals surface area contributed by atoms with Gasteiger partial charge >= 0.3 is 0 Å². The van der Waals surface area contributed by atoms with Crippen LogP contribution in [0, 0.1) is 6.92 Å². The summed E-state index contributed by atoms with van der Waals surface area (Å²) in [5, 5.41) is 6.41. The number of carbonyl (C=O) groups is 2. The van der Waals surface area contributed by atoms with Gasteiger partial charge < -0.3 is 15.6 Å². The third-order valence-corrected chi connectivity index (χ3v) is 3.09. The number of hydrogen-bond acceptors (Lipinski definition) is 5. The van der Waals surface area contributed by atoms with E-state index in [-0.39, 0.29) is 12.5 Å². The van der Waals surface area contributed by atoms with Crippen LogP contribution in [0.5, 0.6) is 0 Å². The van der Waals surface area contributed by atoms with Crippen molar-refractivity contribution >= 4 is 17.6 Å². The molecule has 0 aliphatic carbocycles. The summed E-state index contributed by atoms with van der Waals surface area (Å²) in [5.74, 6) is 0.102. The molecule has 22 heavy (non-hydrogen) atoms. The minimum atomic E-state index is -0.661. The van der Waals surface area contributed by atoms with Gasteiger partial charge in [0.25, 0.3) is 0 Å². The number of aromatic nitrogens is 1. The lowest BCUT2D eigenvalue weighted by Crippen LogP contribution is -2.39. The number of rotatable bonds is 6. The first-order chi connectivity index (χ1) is 10.5. The molecule has 7 nitrogen and oxygen atoms in total. The molecule has 0 saturated carbocycles. The Balaban J connectivity index is 2.23. The predicted octanol–water partition coefficient (Wildman–Crippen LogP) is 1.08. The molecule has 7 heteroatoms. The number of nitrogens with one attached hydrogen (secondary N) is 1. The SMILES string of the molecule is Cc1cc(NC(=O)C(c2ccccc2)N(C)CC(N)=O)no1. The first kappa shape index (κ1) is 15.7. The lowest BCUT2D eigenvalue weighted by molar-refractivity contribution is -0.123. The van der Waals surface area contributed by atoms with E-state index in [1.54, 1.807) is 24.9 Å². The largest absolute Gasteiger partial charge is 0.369 e. The third-order valence-electron chi connectivity index (χ3n) is 3.09. The molecule has 1 atom stereocenters. The van der Waals surface area contributed by atoms with Crippen molar-refractivity contribution in [2.45, 2.75) is 13.0 Å². The van der Waals surface area contributed by atoms with Crippen LogP contribution in [0.15, 0.2) is 40.9 Å². The average Bonchev–Trinajstić information content (AvgIpc) is 2.84. The van der Waals surface area contributed by atoms with Gasteiger partial charge in [-0.3, -0.25) is 14.5 Å². The van der Waals surface area contributed by atoms with E-state index in [4.69, 9.17) is 10.3 Å². The van der Waals surface area contributed by atoms with Crippen LogP contribution in [0.1, 0.15) is 17.4 Å². The standard InChI is InChI=1S/C15H18N4O3/c1-10-8-13(18-22-10)17-15(21)14(19(2)9-12(16)20)11-6-4-3-5-7-11/h3-8,14H,9H2,1-2H3,(H2,16,20)(H,17,18,21). The number of likely N-dealkylation sites (N-methyl/N-ethyl adjacent to an activating group) is 1. The monoisotopic (exact) mass is 302 g/mol.